The summed E-state index contributed by atoms with van der Waals surface area (Å²) in [6.07, 6.45) is 4.08. The molecule has 0 saturated carbocycles. The third kappa shape index (κ3) is 3.20. The fraction of sp³-hybridized carbons (Fsp3) is 0.0667. The summed E-state index contributed by atoms with van der Waals surface area (Å²) in [5, 5.41) is 0. The minimum Gasteiger partial charge on any atom is -0.478 e. The highest BCUT2D eigenvalue weighted by atomic mass is 16.5. The number of hydrogen-bond acceptors (Lipinski definition) is 2. The Morgan fingerprint density at radius 1 is 0.882 bits per heavy atom. The number of ether oxygens (including phenoxy) is 1. The Morgan fingerprint density at radius 3 is 2.35 bits per heavy atom. The molecule has 0 radical (unpaired) electrons. The van der Waals surface area contributed by atoms with E-state index in [0.29, 0.717) is 0 Å². The molecule has 0 aliphatic rings. The van der Waals surface area contributed by atoms with E-state index in [9.17, 15) is 0 Å². The Balaban J connectivity index is 2.21. The normalized spacial score (nSPS) is 10.6. The van der Waals surface area contributed by atoms with Crippen molar-refractivity contribution in [1.82, 2.24) is 0 Å². The Morgan fingerprint density at radius 2 is 1.59 bits per heavy atom. The Kier molecular flexibility index (Phi) is 3.95. The predicted octanol–water partition coefficient (Wildman–Crippen LogP) is 3.15. The fourth-order valence-electron chi connectivity index (χ4n) is 1.59. The monoisotopic (exact) mass is 225 g/mol. The van der Waals surface area contributed by atoms with E-state index in [0.717, 1.165) is 16.9 Å². The fourth-order valence-corrected chi connectivity index (χ4v) is 1.59. The first-order valence-electron chi connectivity index (χ1n) is 5.55. The second kappa shape index (κ2) is 5.87. The lowest BCUT2D eigenvalue weighted by atomic mass is 10.1. The van der Waals surface area contributed by atoms with Crippen molar-refractivity contribution in [2.75, 3.05) is 6.73 Å². The van der Waals surface area contributed by atoms with Crippen LogP contribution in [0, 0.1) is 0 Å². The van der Waals surface area contributed by atoms with E-state index < -0.39 is 0 Å². The van der Waals surface area contributed by atoms with Crippen LogP contribution in [0.4, 0.5) is 0 Å². The van der Waals surface area contributed by atoms with Crippen LogP contribution >= 0.6 is 0 Å². The third-order valence-electron chi connectivity index (χ3n) is 2.41. The van der Waals surface area contributed by atoms with Crippen molar-refractivity contribution in [3.8, 4) is 5.75 Å². The van der Waals surface area contributed by atoms with Crippen LogP contribution in [0.1, 0.15) is 11.1 Å². The first kappa shape index (κ1) is 11.4. The van der Waals surface area contributed by atoms with Gasteiger partial charge in [0.2, 0.25) is 0 Å². The van der Waals surface area contributed by atoms with Gasteiger partial charge in [-0.1, -0.05) is 60.7 Å². The number of benzene rings is 2. The van der Waals surface area contributed by atoms with E-state index in [1.807, 2.05) is 48.5 Å². The number of rotatable bonds is 4. The molecule has 0 amide bonds. The van der Waals surface area contributed by atoms with E-state index >= 15 is 0 Å². The van der Waals surface area contributed by atoms with E-state index in [4.69, 9.17) is 10.5 Å². The first-order chi connectivity index (χ1) is 8.40. The summed E-state index contributed by atoms with van der Waals surface area (Å²) < 4.78 is 5.35. The molecular formula is C15H15NO. The standard InChI is InChI=1S/C15H15NO/c16-12-17-15-9-5-4-8-14(15)11-10-13-6-2-1-3-7-13/h1-11H,12,16H2. The quantitative estimate of drug-likeness (QED) is 0.640. The summed E-state index contributed by atoms with van der Waals surface area (Å²) in [5.41, 5.74) is 7.58. The molecule has 2 N–H and O–H groups in total. The molecule has 2 aromatic carbocycles. The Labute approximate surface area is 101 Å². The lowest BCUT2D eigenvalue weighted by molar-refractivity contribution is 0.329. The van der Waals surface area contributed by atoms with Crippen LogP contribution < -0.4 is 10.5 Å². The van der Waals surface area contributed by atoms with Crippen molar-refractivity contribution < 1.29 is 4.74 Å². The Bertz CT molecular complexity index is 491. The summed E-state index contributed by atoms with van der Waals surface area (Å²) in [6.45, 7) is 0.191. The summed E-state index contributed by atoms with van der Waals surface area (Å²) in [5.74, 6) is 0.808. The molecular weight excluding hydrogens is 210 g/mol. The maximum atomic E-state index is 5.39. The third-order valence-corrected chi connectivity index (χ3v) is 2.41. The lowest BCUT2D eigenvalue weighted by Gasteiger charge is -2.05. The van der Waals surface area contributed by atoms with Crippen LogP contribution in [0.5, 0.6) is 5.75 Å². The van der Waals surface area contributed by atoms with Crippen molar-refractivity contribution >= 4 is 12.2 Å². The summed E-state index contributed by atoms with van der Waals surface area (Å²) in [4.78, 5) is 0. The average molecular weight is 225 g/mol. The summed E-state index contributed by atoms with van der Waals surface area (Å²) in [7, 11) is 0. The molecule has 17 heavy (non-hydrogen) atoms. The predicted molar refractivity (Wildman–Crippen MR) is 71.5 cm³/mol. The van der Waals surface area contributed by atoms with Gasteiger partial charge in [0.15, 0.2) is 0 Å². The van der Waals surface area contributed by atoms with Crippen molar-refractivity contribution in [1.29, 1.82) is 0 Å². The lowest BCUT2D eigenvalue weighted by Crippen LogP contribution is -2.07. The molecule has 2 rings (SSSR count). The minimum absolute atomic E-state index is 0.191. The Hall–Kier alpha value is -2.06. The molecule has 0 heterocycles. The highest BCUT2D eigenvalue weighted by Crippen LogP contribution is 2.20. The van der Waals surface area contributed by atoms with Crippen molar-refractivity contribution in [3.05, 3.63) is 65.7 Å². The molecule has 0 aliphatic carbocycles. The molecule has 0 spiro atoms. The number of para-hydroxylation sites is 1. The zero-order chi connectivity index (χ0) is 11.9. The molecule has 0 aliphatic heterocycles. The van der Waals surface area contributed by atoms with Gasteiger partial charge in [0.1, 0.15) is 12.5 Å². The van der Waals surface area contributed by atoms with Gasteiger partial charge in [-0.3, -0.25) is 5.73 Å². The van der Waals surface area contributed by atoms with Crippen LogP contribution in [-0.2, 0) is 0 Å². The van der Waals surface area contributed by atoms with Crippen molar-refractivity contribution in [3.63, 3.8) is 0 Å². The second-order valence-electron chi connectivity index (χ2n) is 3.59. The SMILES string of the molecule is NCOc1ccccc1C=Cc1ccccc1. The molecule has 0 fully saturated rings. The number of hydrogen-bond donors (Lipinski definition) is 1. The zero-order valence-electron chi connectivity index (χ0n) is 9.54. The van der Waals surface area contributed by atoms with Gasteiger partial charge in [-0.2, -0.15) is 0 Å². The molecule has 0 unspecified atom stereocenters. The van der Waals surface area contributed by atoms with Crippen LogP contribution in [-0.4, -0.2) is 6.73 Å². The average Bonchev–Trinajstić information content (AvgIpc) is 2.39. The molecule has 2 heteroatoms. The highest BCUT2D eigenvalue weighted by Gasteiger charge is 1.97. The first-order valence-corrected chi connectivity index (χ1v) is 5.55. The van der Waals surface area contributed by atoms with Gasteiger partial charge >= 0.3 is 0 Å². The van der Waals surface area contributed by atoms with Crippen LogP contribution in [0.2, 0.25) is 0 Å². The van der Waals surface area contributed by atoms with Crippen molar-refractivity contribution in [2.24, 2.45) is 5.73 Å². The molecule has 2 nitrogen and oxygen atoms in total. The smallest absolute Gasteiger partial charge is 0.137 e. The van der Waals surface area contributed by atoms with E-state index in [1.54, 1.807) is 0 Å². The minimum atomic E-state index is 0.191. The largest absolute Gasteiger partial charge is 0.478 e. The molecule has 0 aromatic heterocycles. The van der Waals surface area contributed by atoms with Crippen LogP contribution in [0.25, 0.3) is 12.2 Å². The van der Waals surface area contributed by atoms with Crippen LogP contribution in [0.15, 0.2) is 54.6 Å². The zero-order valence-corrected chi connectivity index (χ0v) is 9.54. The van der Waals surface area contributed by atoms with E-state index in [-0.39, 0.29) is 6.73 Å². The van der Waals surface area contributed by atoms with Gasteiger partial charge < -0.3 is 4.74 Å². The molecule has 86 valence electrons. The van der Waals surface area contributed by atoms with Gasteiger partial charge in [-0.25, -0.2) is 0 Å². The maximum Gasteiger partial charge on any atom is 0.137 e. The number of nitrogens with two attached hydrogens (primary N) is 1. The molecule has 0 saturated heterocycles. The van der Waals surface area contributed by atoms with Gasteiger partial charge in [0.05, 0.1) is 0 Å². The van der Waals surface area contributed by atoms with Crippen molar-refractivity contribution in [2.45, 2.75) is 0 Å². The van der Waals surface area contributed by atoms with E-state index in [1.165, 1.54) is 0 Å². The van der Waals surface area contributed by atoms with Gasteiger partial charge in [0.25, 0.3) is 0 Å². The molecule has 0 bridgehead atoms. The summed E-state index contributed by atoms with van der Waals surface area (Å²) >= 11 is 0. The maximum absolute atomic E-state index is 5.39. The van der Waals surface area contributed by atoms with E-state index in [2.05, 4.69) is 18.2 Å². The van der Waals surface area contributed by atoms with Gasteiger partial charge in [-0.05, 0) is 11.6 Å². The summed E-state index contributed by atoms with van der Waals surface area (Å²) in [6, 6.07) is 18.0. The molecule has 2 aromatic rings. The van der Waals surface area contributed by atoms with Gasteiger partial charge in [0, 0.05) is 5.56 Å². The molecule has 0 atom stereocenters. The highest BCUT2D eigenvalue weighted by molar-refractivity contribution is 5.72. The van der Waals surface area contributed by atoms with Crippen LogP contribution in [0.3, 0.4) is 0 Å². The topological polar surface area (TPSA) is 35.2 Å². The second-order valence-corrected chi connectivity index (χ2v) is 3.59. The van der Waals surface area contributed by atoms with Gasteiger partial charge in [-0.15, -0.1) is 0 Å².